The summed E-state index contributed by atoms with van der Waals surface area (Å²) in [5.74, 6) is 0.578. The van der Waals surface area contributed by atoms with Crippen LogP contribution in [0, 0.1) is 0 Å². The lowest BCUT2D eigenvalue weighted by Gasteiger charge is -2.12. The van der Waals surface area contributed by atoms with Crippen molar-refractivity contribution in [3.05, 3.63) is 33.8 Å². The average molecular weight is 242 g/mol. The Kier molecular flexibility index (Phi) is 3.94. The second-order valence-electron chi connectivity index (χ2n) is 3.54. The summed E-state index contributed by atoms with van der Waals surface area (Å²) in [6, 6.07) is 6.44. The van der Waals surface area contributed by atoms with Crippen LogP contribution in [0.1, 0.15) is 30.9 Å². The van der Waals surface area contributed by atoms with E-state index < -0.39 is 0 Å². The molecule has 1 nitrogen and oxygen atoms in total. The molecule has 0 bridgehead atoms. The van der Waals surface area contributed by atoms with Crippen molar-refractivity contribution < 1.29 is 0 Å². The second kappa shape index (κ2) is 4.77. The average Bonchev–Trinajstić information content (AvgIpc) is 2.04. The molecule has 0 unspecified atom stereocenters. The van der Waals surface area contributed by atoms with E-state index in [1.165, 1.54) is 11.1 Å². The van der Waals surface area contributed by atoms with Crippen LogP contribution in [0.25, 0.3) is 0 Å². The first-order valence-electron chi connectivity index (χ1n) is 4.63. The summed E-state index contributed by atoms with van der Waals surface area (Å²) in [7, 11) is 0. The standard InChI is InChI=1S/C11H16BrN/c1-8(2)11-4-3-10(12)7-9(11)5-6-13/h3-4,7-8H,5-6,13H2,1-2H3. The molecule has 72 valence electrons. The molecule has 13 heavy (non-hydrogen) atoms. The molecule has 0 saturated heterocycles. The van der Waals surface area contributed by atoms with Crippen LogP contribution in [0.4, 0.5) is 0 Å². The molecular formula is C11H16BrN. The van der Waals surface area contributed by atoms with Gasteiger partial charge in [0.25, 0.3) is 0 Å². The molecule has 0 saturated carbocycles. The monoisotopic (exact) mass is 241 g/mol. The van der Waals surface area contributed by atoms with Gasteiger partial charge in [-0.25, -0.2) is 0 Å². The van der Waals surface area contributed by atoms with Crippen molar-refractivity contribution in [2.75, 3.05) is 6.54 Å². The van der Waals surface area contributed by atoms with Crippen LogP contribution in [0.5, 0.6) is 0 Å². The third-order valence-corrected chi connectivity index (χ3v) is 2.63. The first kappa shape index (κ1) is 10.7. The predicted molar refractivity (Wildman–Crippen MR) is 61.0 cm³/mol. The Morgan fingerprint density at radius 3 is 2.62 bits per heavy atom. The van der Waals surface area contributed by atoms with E-state index in [1.54, 1.807) is 0 Å². The number of halogens is 1. The normalized spacial score (nSPS) is 10.8. The molecule has 1 rings (SSSR count). The van der Waals surface area contributed by atoms with Crippen molar-refractivity contribution in [1.29, 1.82) is 0 Å². The summed E-state index contributed by atoms with van der Waals surface area (Å²) >= 11 is 3.47. The first-order chi connectivity index (χ1) is 6.15. The van der Waals surface area contributed by atoms with E-state index in [0.29, 0.717) is 5.92 Å². The van der Waals surface area contributed by atoms with Crippen molar-refractivity contribution in [3.63, 3.8) is 0 Å². The van der Waals surface area contributed by atoms with Crippen molar-refractivity contribution in [3.8, 4) is 0 Å². The molecule has 0 amide bonds. The molecule has 1 aromatic rings. The first-order valence-corrected chi connectivity index (χ1v) is 5.43. The molecule has 0 atom stereocenters. The number of hydrogen-bond donors (Lipinski definition) is 1. The molecule has 0 aromatic heterocycles. The van der Waals surface area contributed by atoms with E-state index in [0.717, 1.165) is 17.4 Å². The highest BCUT2D eigenvalue weighted by atomic mass is 79.9. The van der Waals surface area contributed by atoms with Gasteiger partial charge in [0.2, 0.25) is 0 Å². The van der Waals surface area contributed by atoms with Gasteiger partial charge in [-0.3, -0.25) is 0 Å². The maximum absolute atomic E-state index is 5.56. The molecule has 0 aliphatic rings. The van der Waals surface area contributed by atoms with Gasteiger partial charge >= 0.3 is 0 Å². The van der Waals surface area contributed by atoms with Crippen molar-refractivity contribution in [2.24, 2.45) is 5.73 Å². The Bertz CT molecular complexity index is 281. The van der Waals surface area contributed by atoms with Crippen molar-refractivity contribution in [1.82, 2.24) is 0 Å². The Morgan fingerprint density at radius 1 is 1.38 bits per heavy atom. The fourth-order valence-corrected chi connectivity index (χ4v) is 1.92. The highest BCUT2D eigenvalue weighted by Gasteiger charge is 2.05. The van der Waals surface area contributed by atoms with Crippen LogP contribution in [-0.4, -0.2) is 6.54 Å². The molecule has 2 heteroatoms. The minimum Gasteiger partial charge on any atom is -0.330 e. The van der Waals surface area contributed by atoms with Gasteiger partial charge < -0.3 is 5.73 Å². The lowest BCUT2D eigenvalue weighted by Crippen LogP contribution is -2.06. The van der Waals surface area contributed by atoms with Crippen LogP contribution in [0.15, 0.2) is 22.7 Å². The molecule has 2 N–H and O–H groups in total. The molecular weight excluding hydrogens is 226 g/mol. The third-order valence-electron chi connectivity index (χ3n) is 2.14. The zero-order valence-electron chi connectivity index (χ0n) is 8.18. The fraction of sp³-hybridized carbons (Fsp3) is 0.455. The molecule has 0 radical (unpaired) electrons. The van der Waals surface area contributed by atoms with E-state index in [1.807, 2.05) is 0 Å². The van der Waals surface area contributed by atoms with E-state index >= 15 is 0 Å². The zero-order valence-corrected chi connectivity index (χ0v) is 9.76. The van der Waals surface area contributed by atoms with Crippen LogP contribution in [0.3, 0.4) is 0 Å². The van der Waals surface area contributed by atoms with E-state index in [-0.39, 0.29) is 0 Å². The summed E-state index contributed by atoms with van der Waals surface area (Å²) in [4.78, 5) is 0. The van der Waals surface area contributed by atoms with Gasteiger partial charge in [0.05, 0.1) is 0 Å². The van der Waals surface area contributed by atoms with Gasteiger partial charge in [0.1, 0.15) is 0 Å². The Balaban J connectivity index is 3.03. The number of rotatable bonds is 3. The molecule has 1 aromatic carbocycles. The number of nitrogens with two attached hydrogens (primary N) is 1. The van der Waals surface area contributed by atoms with E-state index in [9.17, 15) is 0 Å². The van der Waals surface area contributed by atoms with Gasteiger partial charge in [-0.1, -0.05) is 35.8 Å². The second-order valence-corrected chi connectivity index (χ2v) is 4.45. The van der Waals surface area contributed by atoms with Gasteiger partial charge in [0, 0.05) is 4.47 Å². The maximum atomic E-state index is 5.56. The number of hydrogen-bond acceptors (Lipinski definition) is 1. The summed E-state index contributed by atoms with van der Waals surface area (Å²) in [6.45, 7) is 5.14. The summed E-state index contributed by atoms with van der Waals surface area (Å²) < 4.78 is 1.14. The highest BCUT2D eigenvalue weighted by Crippen LogP contribution is 2.23. The number of benzene rings is 1. The largest absolute Gasteiger partial charge is 0.330 e. The minimum absolute atomic E-state index is 0.578. The SMILES string of the molecule is CC(C)c1ccc(Br)cc1CCN. The van der Waals surface area contributed by atoms with E-state index in [2.05, 4.69) is 48.0 Å². The summed E-state index contributed by atoms with van der Waals surface area (Å²) in [5, 5.41) is 0. The van der Waals surface area contributed by atoms with Crippen LogP contribution in [-0.2, 0) is 6.42 Å². The quantitative estimate of drug-likeness (QED) is 0.866. The molecule has 0 fully saturated rings. The Morgan fingerprint density at radius 2 is 2.08 bits per heavy atom. The Labute approximate surface area is 88.5 Å². The zero-order chi connectivity index (χ0) is 9.84. The Hall–Kier alpha value is -0.340. The van der Waals surface area contributed by atoms with Gasteiger partial charge in [-0.15, -0.1) is 0 Å². The molecule has 0 heterocycles. The minimum atomic E-state index is 0.578. The summed E-state index contributed by atoms with van der Waals surface area (Å²) in [5.41, 5.74) is 8.34. The van der Waals surface area contributed by atoms with Gasteiger partial charge in [-0.05, 0) is 42.1 Å². The molecule has 0 spiro atoms. The van der Waals surface area contributed by atoms with Crippen LogP contribution in [0.2, 0.25) is 0 Å². The summed E-state index contributed by atoms with van der Waals surface area (Å²) in [6.07, 6.45) is 0.965. The fourth-order valence-electron chi connectivity index (χ4n) is 1.51. The van der Waals surface area contributed by atoms with Gasteiger partial charge in [0.15, 0.2) is 0 Å². The lowest BCUT2D eigenvalue weighted by atomic mass is 9.95. The molecule has 0 aliphatic heterocycles. The molecule has 0 aliphatic carbocycles. The van der Waals surface area contributed by atoms with Crippen LogP contribution < -0.4 is 5.73 Å². The third kappa shape index (κ3) is 2.82. The van der Waals surface area contributed by atoms with Crippen molar-refractivity contribution in [2.45, 2.75) is 26.2 Å². The van der Waals surface area contributed by atoms with Gasteiger partial charge in [-0.2, -0.15) is 0 Å². The lowest BCUT2D eigenvalue weighted by molar-refractivity contribution is 0.831. The van der Waals surface area contributed by atoms with E-state index in [4.69, 9.17) is 5.73 Å². The highest BCUT2D eigenvalue weighted by molar-refractivity contribution is 9.10. The topological polar surface area (TPSA) is 26.0 Å². The maximum Gasteiger partial charge on any atom is 0.0178 e. The smallest absolute Gasteiger partial charge is 0.0178 e. The van der Waals surface area contributed by atoms with Crippen LogP contribution >= 0.6 is 15.9 Å². The van der Waals surface area contributed by atoms with Crippen molar-refractivity contribution >= 4 is 15.9 Å². The predicted octanol–water partition coefficient (Wildman–Crippen LogP) is 3.07.